The molecule has 35 nitrogen and oxygen atoms in total. The highest BCUT2D eigenvalue weighted by Crippen LogP contribution is 2.15. The summed E-state index contributed by atoms with van der Waals surface area (Å²) in [4.78, 5) is 205. The quantitative estimate of drug-likeness (QED) is 0.0198. The van der Waals surface area contributed by atoms with Crippen molar-refractivity contribution in [2.45, 2.75) is 138 Å². The summed E-state index contributed by atoms with van der Waals surface area (Å²) in [6.07, 6.45) is -3.44. The van der Waals surface area contributed by atoms with Crippen molar-refractivity contribution < 1.29 is 97.5 Å². The first-order valence-electron chi connectivity index (χ1n) is 29.5. The lowest BCUT2D eigenvalue weighted by atomic mass is 10.0. The predicted molar refractivity (Wildman–Crippen MR) is 327 cm³/mol. The number of hydrogen-bond donors (Lipinski definition) is 19. The maximum atomic E-state index is 14.3. The molecule has 510 valence electrons. The van der Waals surface area contributed by atoms with E-state index in [4.69, 9.17) is 11.5 Å². The minimum absolute atomic E-state index is 0.00470. The molecule has 1 saturated heterocycles. The Morgan fingerprint density at radius 1 is 0.558 bits per heavy atom. The number of aliphatic hydroxyl groups is 2. The molecule has 95 heavy (non-hydrogen) atoms. The molecule has 4 aromatic rings. The number of aromatic nitrogens is 2. The summed E-state index contributed by atoms with van der Waals surface area (Å²) >= 11 is 0. The number of amides is 13. The number of imidazole rings is 1. The molecule has 0 spiro atoms. The van der Waals surface area contributed by atoms with E-state index in [1.807, 2.05) is 0 Å². The zero-order valence-electron chi connectivity index (χ0n) is 51.0. The number of phenolic OH excluding ortho intramolecular Hbond substituents is 1. The largest absolute Gasteiger partial charge is 0.508 e. The molecule has 3 aromatic carbocycles. The third-order valence-electron chi connectivity index (χ3n) is 14.4. The number of nitrogens with two attached hydrogens (primary N) is 2. The number of nitrogens with zero attached hydrogens (tertiary/aromatic N) is 1. The number of primary amides is 2. The SMILES string of the molecule is C[C@@H](O)[C@H](NC(=O)[C@H](Cc1ccc(O)cc1)NC(=O)[C@H](CC(=O)O)NC(=O)[C@H](CCC(N)=O)NC(=O)[C@@H]1CCC(=O)N1)C(=O)NCC(=O)N[C@@H](CO)C(=O)N[C@@H](Cc1cnc[nH]1)C(=O)N[C@@H](Cc1ccccc1)C(=O)N[C@@H](CC(=O)O)C(=O)N[C@@H](Cc1ccccc1)C(N)=O. The van der Waals surface area contributed by atoms with Gasteiger partial charge in [0.05, 0.1) is 38.4 Å². The summed E-state index contributed by atoms with van der Waals surface area (Å²) in [7, 11) is 0. The highest BCUT2D eigenvalue weighted by Gasteiger charge is 2.38. The first kappa shape index (κ1) is 74.4. The first-order valence-corrected chi connectivity index (χ1v) is 29.5. The summed E-state index contributed by atoms with van der Waals surface area (Å²) < 4.78 is 0. The summed E-state index contributed by atoms with van der Waals surface area (Å²) in [5.41, 5.74) is 12.4. The number of carboxylic acids is 2. The van der Waals surface area contributed by atoms with Crippen molar-refractivity contribution in [3.05, 3.63) is 120 Å². The maximum absolute atomic E-state index is 14.3. The van der Waals surface area contributed by atoms with Gasteiger partial charge in [-0.3, -0.25) is 71.9 Å². The van der Waals surface area contributed by atoms with Gasteiger partial charge >= 0.3 is 11.9 Å². The number of carboxylic acid groups (broad SMARTS) is 2. The number of nitrogens with one attached hydrogen (secondary N) is 12. The number of carbonyl (C=O) groups excluding carboxylic acids is 13. The van der Waals surface area contributed by atoms with Crippen molar-refractivity contribution in [1.82, 2.24) is 68.5 Å². The molecule has 1 aromatic heterocycles. The van der Waals surface area contributed by atoms with E-state index in [1.54, 1.807) is 60.7 Å². The molecular formula is C60H75N15O20. The normalized spacial score (nSPS) is 15.6. The summed E-state index contributed by atoms with van der Waals surface area (Å²) in [6.45, 7) is -1.11. The molecule has 2 heterocycles. The number of benzene rings is 3. The van der Waals surface area contributed by atoms with Crippen LogP contribution in [0.4, 0.5) is 0 Å². The fraction of sp³-hybridized carbons (Fsp3) is 0.400. The van der Waals surface area contributed by atoms with E-state index in [0.29, 0.717) is 11.1 Å². The van der Waals surface area contributed by atoms with Gasteiger partial charge in [-0.25, -0.2) is 4.98 Å². The third kappa shape index (κ3) is 25.0. The van der Waals surface area contributed by atoms with E-state index in [2.05, 4.69) is 68.5 Å². The van der Waals surface area contributed by atoms with Crippen molar-refractivity contribution in [2.75, 3.05) is 13.2 Å². The number of hydrogen-bond acceptors (Lipinski definition) is 19. The van der Waals surface area contributed by atoms with Gasteiger partial charge in [0, 0.05) is 50.4 Å². The molecule has 5 rings (SSSR count). The van der Waals surface area contributed by atoms with Crippen molar-refractivity contribution in [2.24, 2.45) is 11.5 Å². The number of aromatic hydroxyl groups is 1. The summed E-state index contributed by atoms with van der Waals surface area (Å²) in [5.74, 6) is -17.2. The van der Waals surface area contributed by atoms with Gasteiger partial charge < -0.3 is 100 Å². The number of aromatic amines is 1. The maximum Gasteiger partial charge on any atom is 0.305 e. The van der Waals surface area contributed by atoms with Crippen LogP contribution in [0.3, 0.4) is 0 Å². The Bertz CT molecular complexity index is 3400. The average Bonchev–Trinajstić information content (AvgIpc) is 1.27. The van der Waals surface area contributed by atoms with Crippen LogP contribution in [0.5, 0.6) is 5.75 Å². The highest BCUT2D eigenvalue weighted by molar-refractivity contribution is 6.00. The van der Waals surface area contributed by atoms with Crippen molar-refractivity contribution in [3.8, 4) is 5.75 Å². The van der Waals surface area contributed by atoms with E-state index >= 15 is 0 Å². The van der Waals surface area contributed by atoms with Crippen molar-refractivity contribution in [3.63, 3.8) is 0 Å². The van der Waals surface area contributed by atoms with Gasteiger partial charge in [0.15, 0.2) is 0 Å². The van der Waals surface area contributed by atoms with Crippen LogP contribution >= 0.6 is 0 Å². The summed E-state index contributed by atoms with van der Waals surface area (Å²) in [5, 5.41) is 76.0. The van der Waals surface area contributed by atoms with Crippen molar-refractivity contribution in [1.29, 1.82) is 0 Å². The van der Waals surface area contributed by atoms with Crippen LogP contribution in [0.2, 0.25) is 0 Å². The lowest BCUT2D eigenvalue weighted by molar-refractivity contribution is -0.142. The van der Waals surface area contributed by atoms with Gasteiger partial charge in [0.2, 0.25) is 76.8 Å². The number of aliphatic carboxylic acids is 2. The Balaban J connectivity index is 1.28. The minimum Gasteiger partial charge on any atom is -0.508 e. The van der Waals surface area contributed by atoms with Gasteiger partial charge in [0.1, 0.15) is 66.2 Å². The molecule has 0 unspecified atom stereocenters. The molecule has 21 N–H and O–H groups in total. The second-order valence-electron chi connectivity index (χ2n) is 22.0. The zero-order valence-corrected chi connectivity index (χ0v) is 51.0. The van der Waals surface area contributed by atoms with E-state index in [1.165, 1.54) is 36.8 Å². The number of H-pyrrole nitrogens is 1. The molecule has 11 atom stereocenters. The van der Waals surface area contributed by atoms with E-state index in [0.717, 1.165) is 6.92 Å². The number of aliphatic hydroxyl groups excluding tert-OH is 2. The molecule has 0 aliphatic carbocycles. The first-order chi connectivity index (χ1) is 45.1. The van der Waals surface area contributed by atoms with Crippen LogP contribution < -0.4 is 70.0 Å². The number of phenols is 1. The van der Waals surface area contributed by atoms with Crippen LogP contribution in [-0.4, -0.2) is 204 Å². The lowest BCUT2D eigenvalue weighted by Gasteiger charge is -2.27. The fourth-order valence-corrected chi connectivity index (χ4v) is 9.45. The Morgan fingerprint density at radius 3 is 1.46 bits per heavy atom. The number of rotatable bonds is 38. The Labute approximate surface area is 540 Å². The molecule has 1 aliphatic heterocycles. The smallest absolute Gasteiger partial charge is 0.305 e. The Kier molecular flexibility index (Phi) is 28.7. The van der Waals surface area contributed by atoms with Crippen LogP contribution in [0, 0.1) is 0 Å². The molecule has 1 aliphatic rings. The molecule has 1 fully saturated rings. The average molecular weight is 1330 g/mol. The van der Waals surface area contributed by atoms with Crippen LogP contribution in [0.1, 0.15) is 67.8 Å². The van der Waals surface area contributed by atoms with Gasteiger partial charge in [-0.15, -0.1) is 0 Å². The fourth-order valence-electron chi connectivity index (χ4n) is 9.45. The molecule has 13 amide bonds. The molecule has 35 heteroatoms. The van der Waals surface area contributed by atoms with Gasteiger partial charge in [-0.2, -0.15) is 0 Å². The molecule has 0 radical (unpaired) electrons. The van der Waals surface area contributed by atoms with Crippen LogP contribution in [0.15, 0.2) is 97.5 Å². The summed E-state index contributed by atoms with van der Waals surface area (Å²) in [6, 6.07) is 4.80. The van der Waals surface area contributed by atoms with Gasteiger partial charge in [-0.1, -0.05) is 72.8 Å². The molecular weight excluding hydrogens is 1250 g/mol. The van der Waals surface area contributed by atoms with Crippen LogP contribution in [0.25, 0.3) is 0 Å². The lowest BCUT2D eigenvalue weighted by Crippen LogP contribution is -2.61. The second-order valence-corrected chi connectivity index (χ2v) is 22.0. The van der Waals surface area contributed by atoms with Crippen LogP contribution in [-0.2, 0) is 97.6 Å². The predicted octanol–water partition coefficient (Wildman–Crippen LogP) is -6.78. The minimum atomic E-state index is -2.00. The Morgan fingerprint density at radius 2 is 1.01 bits per heavy atom. The van der Waals surface area contributed by atoms with Gasteiger partial charge in [0.25, 0.3) is 0 Å². The monoisotopic (exact) mass is 1330 g/mol. The standard InChI is InChI=1S/C60H75N15O20/c1-30(77)50(75-58(93)40(22-33-12-14-35(78)15-13-33)71-57(92)43(25-49(84)85)73-53(88)37(16-18-45(61)79)68-52(87)36-17-19-46(80)66-36)60(95)64-27-47(81)67-44(28-76)59(94)72-41(23-34-26-63-29-65-34)55(90)70-39(21-32-10-6-3-7-11-32)54(89)74-42(24-48(82)83)56(91)69-38(51(62)86)20-31-8-4-2-5-9-31/h2-15,26,29-30,36-44,50,76-78H,16-25,27-28H2,1H3,(H2,61,79)(H2,62,86)(H,63,65)(H,64,95)(H,66,80)(H,67,81)(H,68,87)(H,69,91)(H,70,90)(H,71,92)(H,72,94)(H,73,88)(H,74,89)(H,75,93)(H,82,83)(H,84,85)/t30-,36+,37+,38+,39+,40+,41+,42+,43+,44+,50+/m1/s1. The van der Waals surface area contributed by atoms with Crippen molar-refractivity contribution >= 4 is 88.7 Å². The second kappa shape index (κ2) is 36.6. The highest BCUT2D eigenvalue weighted by atomic mass is 16.4. The molecule has 0 saturated carbocycles. The van der Waals surface area contributed by atoms with Gasteiger partial charge in [-0.05, 0) is 48.6 Å². The third-order valence-corrected chi connectivity index (χ3v) is 14.4. The van der Waals surface area contributed by atoms with E-state index in [9.17, 15) is 97.5 Å². The van der Waals surface area contributed by atoms with E-state index < -0.39 is 201 Å². The zero-order chi connectivity index (χ0) is 69.9. The molecule has 0 bridgehead atoms. The topological polar surface area (TPSA) is 570 Å². The van der Waals surface area contributed by atoms with E-state index in [-0.39, 0.29) is 49.1 Å². The Hall–Kier alpha value is -11.4. The number of carbonyl (C=O) groups is 15.